The molecule has 2 aromatic carbocycles. The topological polar surface area (TPSA) is 38.8 Å². The van der Waals surface area contributed by atoms with Crippen molar-refractivity contribution in [3.63, 3.8) is 0 Å². The van der Waals surface area contributed by atoms with Crippen LogP contribution >= 0.6 is 11.6 Å². The highest BCUT2D eigenvalue weighted by molar-refractivity contribution is 6.31. The highest BCUT2D eigenvalue weighted by Gasteiger charge is 2.30. The third kappa shape index (κ3) is 3.96. The van der Waals surface area contributed by atoms with Crippen LogP contribution in [0.15, 0.2) is 42.5 Å². The fraction of sp³-hybridized carbons (Fsp3) is 0.381. The number of aryl methyl sites for hydroxylation is 1. The van der Waals surface area contributed by atoms with Crippen molar-refractivity contribution in [2.75, 3.05) is 20.8 Å². The summed E-state index contributed by atoms with van der Waals surface area (Å²) in [5.41, 5.74) is 2.11. The summed E-state index contributed by atoms with van der Waals surface area (Å²) in [4.78, 5) is 14.8. The summed E-state index contributed by atoms with van der Waals surface area (Å²) < 4.78 is 10.7. The molecule has 0 bridgehead atoms. The Kier molecular flexibility index (Phi) is 6.04. The Bertz CT molecular complexity index is 778. The van der Waals surface area contributed by atoms with Crippen molar-refractivity contribution >= 4 is 17.5 Å². The smallest absolute Gasteiger partial charge is 0.223 e. The Labute approximate surface area is 159 Å². The van der Waals surface area contributed by atoms with Gasteiger partial charge >= 0.3 is 0 Å². The molecule has 1 heterocycles. The number of likely N-dealkylation sites (tertiary alicyclic amines) is 1. The minimum absolute atomic E-state index is 0.0913. The molecule has 2 aromatic rings. The summed E-state index contributed by atoms with van der Waals surface area (Å²) in [7, 11) is 3.25. The fourth-order valence-corrected chi connectivity index (χ4v) is 3.79. The Morgan fingerprint density at radius 2 is 1.92 bits per heavy atom. The van der Waals surface area contributed by atoms with Crippen molar-refractivity contribution < 1.29 is 14.3 Å². The summed E-state index contributed by atoms with van der Waals surface area (Å²) in [5, 5.41) is 0.721. The van der Waals surface area contributed by atoms with E-state index in [1.54, 1.807) is 14.2 Å². The second-order valence-electron chi connectivity index (χ2n) is 6.45. The average molecular weight is 374 g/mol. The summed E-state index contributed by atoms with van der Waals surface area (Å²) >= 11 is 6.20. The average Bonchev–Trinajstić information content (AvgIpc) is 3.16. The lowest BCUT2D eigenvalue weighted by molar-refractivity contribution is -0.132. The van der Waals surface area contributed by atoms with Crippen LogP contribution in [0, 0.1) is 0 Å². The fourth-order valence-electron chi connectivity index (χ4n) is 3.56. The van der Waals surface area contributed by atoms with E-state index >= 15 is 0 Å². The van der Waals surface area contributed by atoms with Crippen LogP contribution in [0.1, 0.15) is 36.4 Å². The first-order chi connectivity index (χ1) is 12.6. The Hall–Kier alpha value is -2.20. The van der Waals surface area contributed by atoms with E-state index in [0.717, 1.165) is 35.5 Å². The monoisotopic (exact) mass is 373 g/mol. The van der Waals surface area contributed by atoms with Gasteiger partial charge in [-0.1, -0.05) is 35.9 Å². The Morgan fingerprint density at radius 3 is 2.65 bits per heavy atom. The van der Waals surface area contributed by atoms with Gasteiger partial charge in [0.2, 0.25) is 5.91 Å². The van der Waals surface area contributed by atoms with E-state index in [1.165, 1.54) is 0 Å². The molecule has 0 saturated carbocycles. The van der Waals surface area contributed by atoms with Gasteiger partial charge in [-0.3, -0.25) is 4.79 Å². The van der Waals surface area contributed by atoms with Gasteiger partial charge in [0, 0.05) is 18.0 Å². The third-order valence-corrected chi connectivity index (χ3v) is 5.30. The van der Waals surface area contributed by atoms with Gasteiger partial charge in [0.1, 0.15) is 0 Å². The van der Waals surface area contributed by atoms with E-state index in [4.69, 9.17) is 21.1 Å². The number of hydrogen-bond donors (Lipinski definition) is 0. The maximum absolute atomic E-state index is 12.8. The van der Waals surface area contributed by atoms with Gasteiger partial charge in [-0.25, -0.2) is 0 Å². The number of rotatable bonds is 6. The second kappa shape index (κ2) is 8.45. The van der Waals surface area contributed by atoms with Crippen molar-refractivity contribution in [3.05, 3.63) is 58.6 Å². The van der Waals surface area contributed by atoms with Crippen LogP contribution in [0.25, 0.3) is 0 Å². The number of benzene rings is 2. The van der Waals surface area contributed by atoms with Crippen molar-refractivity contribution in [2.45, 2.75) is 31.7 Å². The number of nitrogens with zero attached hydrogens (tertiary/aromatic N) is 1. The number of methoxy groups -OCH3 is 2. The number of ether oxygens (including phenoxy) is 2. The largest absolute Gasteiger partial charge is 0.493 e. The Morgan fingerprint density at radius 1 is 1.15 bits per heavy atom. The van der Waals surface area contributed by atoms with Crippen LogP contribution in [-0.4, -0.2) is 31.6 Å². The van der Waals surface area contributed by atoms with E-state index in [2.05, 4.69) is 0 Å². The summed E-state index contributed by atoms with van der Waals surface area (Å²) in [6.45, 7) is 0.792. The zero-order valence-corrected chi connectivity index (χ0v) is 16.0. The van der Waals surface area contributed by atoms with Crippen LogP contribution in [0.3, 0.4) is 0 Å². The van der Waals surface area contributed by atoms with Crippen molar-refractivity contribution in [1.29, 1.82) is 0 Å². The molecule has 138 valence electrons. The molecule has 1 aliphatic heterocycles. The molecule has 1 aliphatic rings. The molecule has 0 radical (unpaired) electrons. The quantitative estimate of drug-likeness (QED) is 0.739. The lowest BCUT2D eigenvalue weighted by Crippen LogP contribution is -2.30. The molecule has 0 aromatic heterocycles. The van der Waals surface area contributed by atoms with E-state index in [-0.39, 0.29) is 11.9 Å². The normalized spacial score (nSPS) is 16.6. The molecular formula is C21H24ClNO3. The van der Waals surface area contributed by atoms with Crippen molar-refractivity contribution in [2.24, 2.45) is 0 Å². The molecule has 1 amide bonds. The molecular weight excluding hydrogens is 350 g/mol. The zero-order valence-electron chi connectivity index (χ0n) is 15.2. The maximum atomic E-state index is 12.8. The van der Waals surface area contributed by atoms with Gasteiger partial charge in [0.25, 0.3) is 0 Å². The van der Waals surface area contributed by atoms with Gasteiger partial charge in [0.05, 0.1) is 20.3 Å². The van der Waals surface area contributed by atoms with Crippen LogP contribution in [0.5, 0.6) is 11.5 Å². The van der Waals surface area contributed by atoms with Crippen molar-refractivity contribution in [3.8, 4) is 11.5 Å². The predicted octanol–water partition coefficient (Wildman–Crippen LogP) is 4.65. The summed E-state index contributed by atoms with van der Waals surface area (Å²) in [5.74, 6) is 1.56. The number of hydrogen-bond acceptors (Lipinski definition) is 3. The SMILES string of the molecule is COc1ccc([C@@H]2CCCN2C(=O)CCc2ccccc2Cl)cc1OC. The molecule has 26 heavy (non-hydrogen) atoms. The second-order valence-corrected chi connectivity index (χ2v) is 6.86. The number of carbonyl (C=O) groups excluding carboxylic acids is 1. The van der Waals surface area contributed by atoms with Crippen LogP contribution < -0.4 is 9.47 Å². The molecule has 0 unspecified atom stereocenters. The molecule has 0 aliphatic carbocycles. The molecule has 4 nitrogen and oxygen atoms in total. The standard InChI is InChI=1S/C21H24ClNO3/c1-25-19-11-9-16(14-20(19)26-2)18-8-5-13-23(18)21(24)12-10-15-6-3-4-7-17(15)22/h3-4,6-7,9,11,14,18H,5,8,10,12-13H2,1-2H3/t18-/m0/s1. The molecule has 1 fully saturated rings. The number of halogens is 1. The molecule has 0 N–H and O–H groups in total. The molecule has 1 saturated heterocycles. The third-order valence-electron chi connectivity index (χ3n) is 4.93. The van der Waals surface area contributed by atoms with Gasteiger partial charge < -0.3 is 14.4 Å². The lowest BCUT2D eigenvalue weighted by atomic mass is 10.0. The first-order valence-electron chi connectivity index (χ1n) is 8.89. The summed E-state index contributed by atoms with van der Waals surface area (Å²) in [6, 6.07) is 13.7. The minimum Gasteiger partial charge on any atom is -0.493 e. The maximum Gasteiger partial charge on any atom is 0.223 e. The van der Waals surface area contributed by atoms with Gasteiger partial charge in [0.15, 0.2) is 11.5 Å². The van der Waals surface area contributed by atoms with Crippen molar-refractivity contribution in [1.82, 2.24) is 4.90 Å². The highest BCUT2D eigenvalue weighted by Crippen LogP contribution is 2.37. The molecule has 0 spiro atoms. The minimum atomic E-state index is 0.0913. The predicted molar refractivity (Wildman–Crippen MR) is 103 cm³/mol. The molecule has 1 atom stereocenters. The van der Waals surface area contributed by atoms with Gasteiger partial charge in [-0.05, 0) is 48.6 Å². The van der Waals surface area contributed by atoms with E-state index in [1.807, 2.05) is 47.4 Å². The zero-order chi connectivity index (χ0) is 18.5. The molecule has 3 rings (SSSR count). The Balaban J connectivity index is 1.71. The first-order valence-corrected chi connectivity index (χ1v) is 9.26. The van der Waals surface area contributed by atoms with E-state index in [9.17, 15) is 4.79 Å². The molecule has 5 heteroatoms. The van der Waals surface area contributed by atoms with Crippen LogP contribution in [0.4, 0.5) is 0 Å². The van der Waals surface area contributed by atoms with Gasteiger partial charge in [-0.2, -0.15) is 0 Å². The number of amides is 1. The van der Waals surface area contributed by atoms with Crippen LogP contribution in [-0.2, 0) is 11.2 Å². The van der Waals surface area contributed by atoms with E-state index < -0.39 is 0 Å². The summed E-state index contributed by atoms with van der Waals surface area (Å²) in [6.07, 6.45) is 3.10. The lowest BCUT2D eigenvalue weighted by Gasteiger charge is -2.26. The number of carbonyl (C=O) groups is 1. The van der Waals surface area contributed by atoms with Gasteiger partial charge in [-0.15, -0.1) is 0 Å². The first kappa shape index (κ1) is 18.6. The highest BCUT2D eigenvalue weighted by atomic mass is 35.5. The van der Waals surface area contributed by atoms with Crippen LogP contribution in [0.2, 0.25) is 5.02 Å². The van der Waals surface area contributed by atoms with E-state index in [0.29, 0.717) is 24.3 Å².